The number of halogens is 3. The van der Waals surface area contributed by atoms with E-state index >= 15 is 0 Å². The summed E-state index contributed by atoms with van der Waals surface area (Å²) in [6, 6.07) is 3.93. The van der Waals surface area contributed by atoms with Gasteiger partial charge in [0.2, 0.25) is 0 Å². The Hall–Kier alpha value is -2.16. The van der Waals surface area contributed by atoms with E-state index in [0.717, 1.165) is 18.9 Å². The molecule has 4 N–H and O–H groups in total. The Morgan fingerprint density at radius 3 is 2.50 bits per heavy atom. The first-order chi connectivity index (χ1) is 12.2. The number of aliphatic imine (C=N–C) groups is 2. The second-order valence-corrected chi connectivity index (χ2v) is 7.52. The van der Waals surface area contributed by atoms with Crippen molar-refractivity contribution in [3.63, 3.8) is 0 Å². The van der Waals surface area contributed by atoms with Crippen LogP contribution in [-0.4, -0.2) is 28.6 Å². The van der Waals surface area contributed by atoms with Crippen LogP contribution in [-0.2, 0) is 6.18 Å². The highest BCUT2D eigenvalue weighted by Crippen LogP contribution is 2.45. The summed E-state index contributed by atoms with van der Waals surface area (Å²) in [7, 11) is 0. The second kappa shape index (κ2) is 5.67. The average Bonchev–Trinajstić information content (AvgIpc) is 3.46. The van der Waals surface area contributed by atoms with Gasteiger partial charge in [-0.05, 0) is 36.8 Å². The molecule has 5 atom stereocenters. The van der Waals surface area contributed by atoms with Gasteiger partial charge >= 0.3 is 6.18 Å². The first-order valence-corrected chi connectivity index (χ1v) is 8.72. The lowest BCUT2D eigenvalue weighted by molar-refractivity contribution is -0.141. The molecule has 0 saturated heterocycles. The maximum absolute atomic E-state index is 13.0. The van der Waals surface area contributed by atoms with E-state index in [1.165, 1.54) is 12.1 Å². The molecule has 140 valence electrons. The van der Waals surface area contributed by atoms with E-state index in [0.29, 0.717) is 17.8 Å². The lowest BCUT2D eigenvalue weighted by Crippen LogP contribution is -2.65. The van der Waals surface area contributed by atoms with Gasteiger partial charge in [0, 0.05) is 5.92 Å². The third-order valence-electron chi connectivity index (χ3n) is 5.17. The maximum atomic E-state index is 13.0. The topological polar surface area (TPSA) is 87.7 Å². The summed E-state index contributed by atoms with van der Waals surface area (Å²) in [6.07, 6.45) is -2.63. The summed E-state index contributed by atoms with van der Waals surface area (Å²) in [6.45, 7) is 4.17. The second-order valence-electron chi connectivity index (χ2n) is 7.52. The average molecular weight is 366 g/mol. The molecular formula is C17H21F3N6. The van der Waals surface area contributed by atoms with Gasteiger partial charge in [0.1, 0.15) is 11.4 Å². The van der Waals surface area contributed by atoms with Crippen LogP contribution in [0.4, 0.5) is 13.2 Å². The smallest absolute Gasteiger partial charge is 0.319 e. The number of hydrogen-bond donors (Lipinski definition) is 3. The molecule has 2 heterocycles. The highest BCUT2D eigenvalue weighted by atomic mass is 19.4. The van der Waals surface area contributed by atoms with Crippen LogP contribution in [0.25, 0.3) is 0 Å². The van der Waals surface area contributed by atoms with Crippen molar-refractivity contribution in [2.24, 2.45) is 33.5 Å². The fourth-order valence-electron chi connectivity index (χ4n) is 3.24. The minimum absolute atomic E-state index is 0.0981. The normalized spacial score (nSPS) is 37.6. The number of rotatable bonds is 3. The van der Waals surface area contributed by atoms with Gasteiger partial charge in [-0.15, -0.1) is 0 Å². The fourth-order valence-corrected chi connectivity index (χ4v) is 3.24. The van der Waals surface area contributed by atoms with Crippen molar-refractivity contribution in [3.8, 4) is 0 Å². The molecule has 0 radical (unpaired) electrons. The molecule has 2 aliphatic carbocycles. The Labute approximate surface area is 149 Å². The highest BCUT2D eigenvalue weighted by Gasteiger charge is 2.51. The van der Waals surface area contributed by atoms with Crippen molar-refractivity contribution in [2.45, 2.75) is 44.7 Å². The van der Waals surface area contributed by atoms with Crippen LogP contribution in [0.3, 0.4) is 0 Å². The fraction of sp³-hybridized carbons (Fsp3) is 0.588. The van der Waals surface area contributed by atoms with Crippen LogP contribution in [0.15, 0.2) is 28.2 Å². The summed E-state index contributed by atoms with van der Waals surface area (Å²) >= 11 is 0. The van der Waals surface area contributed by atoms with Gasteiger partial charge < -0.3 is 10.6 Å². The zero-order valence-electron chi connectivity index (χ0n) is 14.5. The monoisotopic (exact) mass is 366 g/mol. The summed E-state index contributed by atoms with van der Waals surface area (Å²) in [5.41, 5.74) is 5.59. The molecule has 26 heavy (non-hydrogen) atoms. The van der Waals surface area contributed by atoms with Gasteiger partial charge in [0.25, 0.3) is 0 Å². The molecule has 0 amide bonds. The number of nitrogens with zero attached hydrogens (tertiary/aromatic N) is 3. The molecule has 6 nitrogen and oxygen atoms in total. The van der Waals surface area contributed by atoms with Gasteiger partial charge in [-0.1, -0.05) is 19.9 Å². The van der Waals surface area contributed by atoms with Crippen molar-refractivity contribution in [1.82, 2.24) is 15.6 Å². The molecule has 2 fully saturated rings. The van der Waals surface area contributed by atoms with Crippen LogP contribution in [0, 0.1) is 17.8 Å². The Kier molecular flexibility index (Phi) is 3.76. The highest BCUT2D eigenvalue weighted by molar-refractivity contribution is 6.09. The minimum atomic E-state index is -4.52. The lowest BCUT2D eigenvalue weighted by Gasteiger charge is -2.34. The number of aromatic nitrogens is 1. The van der Waals surface area contributed by atoms with Crippen LogP contribution < -0.4 is 16.4 Å². The molecule has 1 aliphatic heterocycles. The minimum Gasteiger partial charge on any atom is -0.319 e. The van der Waals surface area contributed by atoms with Gasteiger partial charge in [0.05, 0.1) is 6.04 Å². The molecule has 0 bridgehead atoms. The summed E-state index contributed by atoms with van der Waals surface area (Å²) < 4.78 is 39.0. The third kappa shape index (κ3) is 3.27. The standard InChI is InChI=1S/C17H21F3N6/c1-8-6-10(8)17(21)25-14(24-15(26-17)23-12-7-9(12)2)11-4-3-5-13(22-11)16(18,19)20/h3-5,8-10,12H,6-7,21H2,1-2H3,(H2,23,24,25,26). The summed E-state index contributed by atoms with van der Waals surface area (Å²) in [5, 5.41) is 6.11. The third-order valence-corrected chi connectivity index (χ3v) is 5.17. The Morgan fingerprint density at radius 1 is 1.23 bits per heavy atom. The van der Waals surface area contributed by atoms with E-state index in [4.69, 9.17) is 5.73 Å². The van der Waals surface area contributed by atoms with Crippen molar-refractivity contribution < 1.29 is 13.2 Å². The van der Waals surface area contributed by atoms with E-state index in [-0.39, 0.29) is 23.5 Å². The molecular weight excluding hydrogens is 345 g/mol. The number of pyridine rings is 1. The van der Waals surface area contributed by atoms with E-state index in [1.807, 2.05) is 0 Å². The van der Waals surface area contributed by atoms with Crippen molar-refractivity contribution >= 4 is 11.8 Å². The van der Waals surface area contributed by atoms with Crippen molar-refractivity contribution in [1.29, 1.82) is 0 Å². The van der Waals surface area contributed by atoms with Crippen molar-refractivity contribution in [3.05, 3.63) is 29.6 Å². The van der Waals surface area contributed by atoms with Gasteiger partial charge in [-0.2, -0.15) is 13.2 Å². The molecule has 2 saturated carbocycles. The summed E-state index contributed by atoms with van der Waals surface area (Å²) in [4.78, 5) is 12.8. The molecule has 1 aromatic rings. The number of alkyl halides is 3. The van der Waals surface area contributed by atoms with E-state index in [1.54, 1.807) is 0 Å². The van der Waals surface area contributed by atoms with Crippen molar-refractivity contribution in [2.75, 3.05) is 0 Å². The van der Waals surface area contributed by atoms with Crippen LogP contribution in [0.5, 0.6) is 0 Å². The first kappa shape index (κ1) is 17.3. The van der Waals surface area contributed by atoms with Crippen LogP contribution >= 0.6 is 0 Å². The zero-order valence-corrected chi connectivity index (χ0v) is 14.5. The Morgan fingerprint density at radius 2 is 1.92 bits per heavy atom. The molecule has 0 aromatic carbocycles. The largest absolute Gasteiger partial charge is 0.433 e. The van der Waals surface area contributed by atoms with Crippen LogP contribution in [0.2, 0.25) is 0 Å². The molecule has 9 heteroatoms. The Bertz CT molecular complexity index is 789. The number of hydrogen-bond acceptors (Lipinski definition) is 4. The Balaban J connectivity index is 1.70. The molecule has 0 spiro atoms. The van der Waals surface area contributed by atoms with Gasteiger partial charge in [-0.3, -0.25) is 5.73 Å². The maximum Gasteiger partial charge on any atom is 0.433 e. The SMILES string of the molecule is CC1CC1N=C1NC(c2cccc(C(F)(F)F)n2)=NC(N)(C2CC2C)N1. The van der Waals surface area contributed by atoms with Crippen LogP contribution in [0.1, 0.15) is 38.1 Å². The number of guanidine groups is 1. The zero-order chi connectivity index (χ0) is 18.7. The molecule has 3 aliphatic rings. The predicted octanol–water partition coefficient (Wildman–Crippen LogP) is 2.07. The quantitative estimate of drug-likeness (QED) is 0.764. The van der Waals surface area contributed by atoms with E-state index in [9.17, 15) is 13.2 Å². The predicted molar refractivity (Wildman–Crippen MR) is 91.2 cm³/mol. The first-order valence-electron chi connectivity index (χ1n) is 8.72. The van der Waals surface area contributed by atoms with Gasteiger partial charge in [-0.25, -0.2) is 15.0 Å². The number of nitrogens with two attached hydrogens (primary N) is 1. The molecule has 5 unspecified atom stereocenters. The summed E-state index contributed by atoms with van der Waals surface area (Å²) in [5.74, 6) is 0.562. The number of amidine groups is 1. The number of nitrogens with one attached hydrogen (secondary N) is 2. The molecule has 1 aromatic heterocycles. The van der Waals surface area contributed by atoms with E-state index < -0.39 is 17.7 Å². The molecule has 4 rings (SSSR count). The lowest BCUT2D eigenvalue weighted by atomic mass is 10.1. The van der Waals surface area contributed by atoms with E-state index in [2.05, 4.69) is 39.4 Å². The van der Waals surface area contributed by atoms with Gasteiger partial charge in [0.15, 0.2) is 17.6 Å².